The van der Waals surface area contributed by atoms with Crippen molar-refractivity contribution in [2.24, 2.45) is 7.05 Å². The van der Waals surface area contributed by atoms with Crippen molar-refractivity contribution in [3.05, 3.63) is 52.8 Å². The number of benzene rings is 1. The van der Waals surface area contributed by atoms with E-state index in [2.05, 4.69) is 0 Å². The molecule has 1 atom stereocenters. The van der Waals surface area contributed by atoms with Crippen LogP contribution in [0.1, 0.15) is 34.2 Å². The Kier molecular flexibility index (Phi) is 4.62. The van der Waals surface area contributed by atoms with Crippen LogP contribution in [0.25, 0.3) is 0 Å². The highest BCUT2D eigenvalue weighted by Crippen LogP contribution is 2.23. The molecular weight excluding hydrogens is 328 g/mol. The normalized spacial score (nSPS) is 17.1. The molecule has 1 unspecified atom stereocenters. The van der Waals surface area contributed by atoms with Gasteiger partial charge in [0.2, 0.25) is 0 Å². The quantitative estimate of drug-likeness (QED) is 0.799. The van der Waals surface area contributed by atoms with Crippen LogP contribution in [0.15, 0.2) is 36.5 Å². The molecule has 3 rings (SSSR count). The van der Waals surface area contributed by atoms with Crippen molar-refractivity contribution in [1.29, 1.82) is 0 Å². The molecule has 1 aliphatic rings. The molecule has 1 aromatic carbocycles. The molecule has 1 aliphatic heterocycles. The van der Waals surface area contributed by atoms with Gasteiger partial charge in [-0.1, -0.05) is 17.7 Å². The predicted octanol–water partition coefficient (Wildman–Crippen LogP) is 3.17. The molecule has 2 heterocycles. The van der Waals surface area contributed by atoms with Gasteiger partial charge in [0.05, 0.1) is 6.54 Å². The third kappa shape index (κ3) is 3.46. The van der Waals surface area contributed by atoms with Gasteiger partial charge < -0.3 is 14.2 Å². The number of amides is 1. The summed E-state index contributed by atoms with van der Waals surface area (Å²) in [7, 11) is 1.77. The summed E-state index contributed by atoms with van der Waals surface area (Å²) in [6.07, 6.45) is 2.40. The number of carbonyl (C=O) groups is 2. The fourth-order valence-electron chi connectivity index (χ4n) is 2.87. The number of Topliss-reactive ketones (excluding diaryl/α,β-unsaturated/α-hetero) is 1. The number of aromatic nitrogens is 1. The van der Waals surface area contributed by atoms with Gasteiger partial charge >= 0.3 is 0 Å². The third-order valence-electron chi connectivity index (χ3n) is 4.16. The topological polar surface area (TPSA) is 51.5 Å². The monoisotopic (exact) mass is 346 g/mol. The Morgan fingerprint density at radius 2 is 2.08 bits per heavy atom. The second-order valence-electron chi connectivity index (χ2n) is 6.02. The van der Waals surface area contributed by atoms with Gasteiger partial charge in [0.1, 0.15) is 17.5 Å². The Balaban J connectivity index is 1.67. The largest absolute Gasteiger partial charge is 0.488 e. The van der Waals surface area contributed by atoms with E-state index in [1.54, 1.807) is 40.9 Å². The molecule has 6 heteroatoms. The summed E-state index contributed by atoms with van der Waals surface area (Å²) in [5.41, 5.74) is 1.07. The number of likely N-dealkylation sites (tertiary alicyclic amines) is 1. The average Bonchev–Trinajstić information content (AvgIpc) is 3.13. The maximum atomic E-state index is 12.7. The van der Waals surface area contributed by atoms with Crippen molar-refractivity contribution in [3.63, 3.8) is 0 Å². The molecule has 24 heavy (non-hydrogen) atoms. The molecular formula is C18H19ClN2O3. The highest BCUT2D eigenvalue weighted by Gasteiger charge is 2.29. The van der Waals surface area contributed by atoms with Crippen molar-refractivity contribution in [1.82, 2.24) is 9.47 Å². The molecule has 0 spiro atoms. The lowest BCUT2D eigenvalue weighted by molar-refractivity contribution is 0.0763. The van der Waals surface area contributed by atoms with Crippen molar-refractivity contribution in [2.45, 2.75) is 19.4 Å². The van der Waals surface area contributed by atoms with Crippen LogP contribution in [0.4, 0.5) is 0 Å². The fourth-order valence-corrected chi connectivity index (χ4v) is 3.05. The number of nitrogens with zero attached hydrogens (tertiary/aromatic N) is 2. The molecule has 0 bridgehead atoms. The van der Waals surface area contributed by atoms with Gasteiger partial charge in [-0.3, -0.25) is 9.59 Å². The van der Waals surface area contributed by atoms with Crippen molar-refractivity contribution in [2.75, 3.05) is 13.1 Å². The van der Waals surface area contributed by atoms with E-state index in [1.165, 1.54) is 6.92 Å². The Bertz CT molecular complexity index is 784. The molecule has 0 aliphatic carbocycles. The van der Waals surface area contributed by atoms with Crippen molar-refractivity contribution >= 4 is 23.3 Å². The number of hydrogen-bond acceptors (Lipinski definition) is 3. The second-order valence-corrected chi connectivity index (χ2v) is 6.45. The molecule has 0 N–H and O–H groups in total. The summed E-state index contributed by atoms with van der Waals surface area (Å²) in [6, 6.07) is 8.90. The standard InChI is InChI=1S/C18H19ClN2O3/c1-12(22)13-8-17(20(2)10-13)18(23)21-7-6-16(11-21)24-15-5-3-4-14(19)9-15/h3-5,8-10,16H,6-7,11H2,1-2H3. The van der Waals surface area contributed by atoms with E-state index in [4.69, 9.17) is 16.3 Å². The van der Waals surface area contributed by atoms with Gasteiger partial charge in [0, 0.05) is 36.8 Å². The number of halogens is 1. The number of ether oxygens (including phenoxy) is 1. The summed E-state index contributed by atoms with van der Waals surface area (Å²) >= 11 is 5.96. The van der Waals surface area contributed by atoms with E-state index in [0.29, 0.717) is 35.1 Å². The second kappa shape index (κ2) is 6.69. The Morgan fingerprint density at radius 1 is 1.29 bits per heavy atom. The lowest BCUT2D eigenvalue weighted by Crippen LogP contribution is -2.32. The van der Waals surface area contributed by atoms with E-state index in [1.807, 2.05) is 12.1 Å². The fraction of sp³-hybridized carbons (Fsp3) is 0.333. The van der Waals surface area contributed by atoms with Crippen LogP contribution in [-0.2, 0) is 7.05 Å². The van der Waals surface area contributed by atoms with Gasteiger partial charge in [-0.05, 0) is 31.2 Å². The van der Waals surface area contributed by atoms with Gasteiger partial charge in [-0.25, -0.2) is 0 Å². The van der Waals surface area contributed by atoms with Crippen LogP contribution >= 0.6 is 11.6 Å². The molecule has 126 valence electrons. The number of aryl methyl sites for hydroxylation is 1. The summed E-state index contributed by atoms with van der Waals surface area (Å²) in [6.45, 7) is 2.64. The van der Waals surface area contributed by atoms with E-state index in [-0.39, 0.29) is 17.8 Å². The molecule has 5 nitrogen and oxygen atoms in total. The first-order valence-electron chi connectivity index (χ1n) is 7.83. The Morgan fingerprint density at radius 3 is 2.75 bits per heavy atom. The zero-order chi connectivity index (χ0) is 17.3. The van der Waals surface area contributed by atoms with Gasteiger partial charge in [0.25, 0.3) is 5.91 Å². The predicted molar refractivity (Wildman–Crippen MR) is 91.8 cm³/mol. The van der Waals surface area contributed by atoms with Crippen LogP contribution in [0.5, 0.6) is 5.75 Å². The molecule has 1 aromatic heterocycles. The molecule has 1 fully saturated rings. The van der Waals surface area contributed by atoms with Crippen LogP contribution in [0, 0.1) is 0 Å². The maximum Gasteiger partial charge on any atom is 0.270 e. The summed E-state index contributed by atoms with van der Waals surface area (Å²) in [5.74, 6) is 0.579. The first-order valence-corrected chi connectivity index (χ1v) is 8.20. The molecule has 0 radical (unpaired) electrons. The average molecular weight is 347 g/mol. The van der Waals surface area contributed by atoms with Crippen LogP contribution in [-0.4, -0.2) is 40.4 Å². The van der Waals surface area contributed by atoms with Crippen LogP contribution < -0.4 is 4.74 Å². The lowest BCUT2D eigenvalue weighted by atomic mass is 10.2. The van der Waals surface area contributed by atoms with E-state index in [0.717, 1.165) is 6.42 Å². The van der Waals surface area contributed by atoms with Crippen molar-refractivity contribution < 1.29 is 14.3 Å². The Labute approximate surface area is 145 Å². The van der Waals surface area contributed by atoms with Gasteiger partial charge in [-0.2, -0.15) is 0 Å². The minimum atomic E-state index is -0.0813. The third-order valence-corrected chi connectivity index (χ3v) is 4.40. The number of rotatable bonds is 4. The molecule has 2 aromatic rings. The highest BCUT2D eigenvalue weighted by atomic mass is 35.5. The Hall–Kier alpha value is -2.27. The minimum Gasteiger partial charge on any atom is -0.488 e. The number of ketones is 1. The van der Waals surface area contributed by atoms with Crippen LogP contribution in [0.2, 0.25) is 5.02 Å². The maximum absolute atomic E-state index is 12.7. The van der Waals surface area contributed by atoms with Crippen molar-refractivity contribution in [3.8, 4) is 5.75 Å². The molecule has 0 saturated carbocycles. The van der Waals surface area contributed by atoms with Crippen LogP contribution in [0.3, 0.4) is 0 Å². The first-order chi connectivity index (χ1) is 11.4. The SMILES string of the molecule is CC(=O)c1cc(C(=O)N2CCC(Oc3cccc(Cl)c3)C2)n(C)c1. The lowest BCUT2D eigenvalue weighted by Gasteiger charge is -2.17. The smallest absolute Gasteiger partial charge is 0.270 e. The van der Waals surface area contributed by atoms with E-state index >= 15 is 0 Å². The molecule has 1 amide bonds. The minimum absolute atomic E-state index is 0.0479. The van der Waals surface area contributed by atoms with E-state index in [9.17, 15) is 9.59 Å². The summed E-state index contributed by atoms with van der Waals surface area (Å²) < 4.78 is 7.61. The zero-order valence-corrected chi connectivity index (χ0v) is 14.4. The number of carbonyl (C=O) groups excluding carboxylic acids is 2. The van der Waals surface area contributed by atoms with Gasteiger partial charge in [0.15, 0.2) is 5.78 Å². The number of hydrogen-bond donors (Lipinski definition) is 0. The molecule has 1 saturated heterocycles. The first kappa shape index (κ1) is 16.6. The summed E-state index contributed by atoms with van der Waals surface area (Å²) in [5, 5.41) is 0.624. The summed E-state index contributed by atoms with van der Waals surface area (Å²) in [4.78, 5) is 25.9. The highest BCUT2D eigenvalue weighted by molar-refractivity contribution is 6.30. The van der Waals surface area contributed by atoms with Gasteiger partial charge in [-0.15, -0.1) is 0 Å². The zero-order valence-electron chi connectivity index (χ0n) is 13.7. The van der Waals surface area contributed by atoms with E-state index < -0.39 is 0 Å².